The molecule has 0 radical (unpaired) electrons. The molecule has 0 aliphatic heterocycles. The van der Waals surface area contributed by atoms with E-state index in [0.29, 0.717) is 5.56 Å². The van der Waals surface area contributed by atoms with E-state index in [9.17, 15) is 8.42 Å². The molecule has 0 amide bonds. The van der Waals surface area contributed by atoms with Crippen molar-refractivity contribution in [3.8, 4) is 0 Å². The smallest absolute Gasteiger partial charge is 0.282 e. The summed E-state index contributed by atoms with van der Waals surface area (Å²) in [6, 6.07) is 18.9. The van der Waals surface area contributed by atoms with Gasteiger partial charge in [0.1, 0.15) is 0 Å². The van der Waals surface area contributed by atoms with Crippen LogP contribution in [-0.2, 0) is 10.1 Å². The van der Waals surface area contributed by atoms with Crippen LogP contribution in [0.15, 0.2) is 84.8 Å². The molecular weight excluding hydrogens is 296 g/mol. The second kappa shape index (κ2) is 8.77. The van der Waals surface area contributed by atoms with E-state index in [1.807, 2.05) is 42.5 Å². The summed E-state index contributed by atoms with van der Waals surface area (Å²) >= 11 is 0. The highest BCUT2D eigenvalue weighted by Gasteiger charge is 2.08. The van der Waals surface area contributed by atoms with Crippen molar-refractivity contribution in [1.82, 2.24) is 0 Å². The van der Waals surface area contributed by atoms with E-state index in [-0.39, 0.29) is 4.91 Å². The molecule has 0 aromatic heterocycles. The molecule has 0 heterocycles. The number of hydrogen-bond donors (Lipinski definition) is 1. The van der Waals surface area contributed by atoms with Crippen LogP contribution in [0.2, 0.25) is 0 Å². The van der Waals surface area contributed by atoms with Crippen molar-refractivity contribution in [2.75, 3.05) is 0 Å². The Bertz CT molecular complexity index is 730. The van der Waals surface area contributed by atoms with Gasteiger partial charge in [-0.25, -0.2) is 0 Å². The summed E-state index contributed by atoms with van der Waals surface area (Å²) in [5.74, 6) is 0. The second-order valence-corrected chi connectivity index (χ2v) is 5.67. The van der Waals surface area contributed by atoms with Gasteiger partial charge >= 0.3 is 0 Å². The van der Waals surface area contributed by atoms with Crippen molar-refractivity contribution < 1.29 is 13.0 Å². The monoisotopic (exact) mass is 314 g/mol. The number of benzene rings is 2. The molecule has 2 aromatic carbocycles. The Morgan fingerprint density at radius 2 is 1.32 bits per heavy atom. The highest BCUT2D eigenvalue weighted by atomic mass is 32.2. The highest BCUT2D eigenvalue weighted by molar-refractivity contribution is 7.90. The van der Waals surface area contributed by atoms with Gasteiger partial charge in [0, 0.05) is 0 Å². The fourth-order valence-electron chi connectivity index (χ4n) is 1.54. The zero-order chi connectivity index (χ0) is 16.4. The third-order valence-corrected chi connectivity index (χ3v) is 3.52. The Kier molecular flexibility index (Phi) is 7.02. The summed E-state index contributed by atoms with van der Waals surface area (Å²) in [6.45, 7) is 6.95. The summed E-state index contributed by atoms with van der Waals surface area (Å²) in [7, 11) is -4.17. The predicted molar refractivity (Wildman–Crippen MR) is 92.7 cm³/mol. The fraction of sp³-hybridized carbons (Fsp3) is 0. The van der Waals surface area contributed by atoms with Crippen molar-refractivity contribution in [1.29, 1.82) is 0 Å². The molecule has 0 atom stereocenters. The average Bonchev–Trinajstić information content (AvgIpc) is 2.54. The van der Waals surface area contributed by atoms with E-state index in [0.717, 1.165) is 6.08 Å². The van der Waals surface area contributed by atoms with Crippen LogP contribution >= 0.6 is 0 Å². The van der Waals surface area contributed by atoms with Crippen molar-refractivity contribution in [3.63, 3.8) is 0 Å². The molecule has 0 aliphatic rings. The van der Waals surface area contributed by atoms with Crippen LogP contribution in [0.4, 0.5) is 0 Å². The van der Waals surface area contributed by atoms with Gasteiger partial charge in [0.25, 0.3) is 10.1 Å². The first kappa shape index (κ1) is 17.6. The lowest BCUT2D eigenvalue weighted by Gasteiger charge is -1.97. The molecule has 2 aromatic rings. The second-order valence-electron chi connectivity index (χ2n) is 4.25. The molecule has 0 aliphatic carbocycles. The maximum Gasteiger partial charge on any atom is 0.294 e. The molecule has 0 saturated heterocycles. The predicted octanol–water partition coefficient (Wildman–Crippen LogP) is 4.43. The van der Waals surface area contributed by atoms with Crippen LogP contribution in [0.5, 0.6) is 0 Å². The first-order valence-electron chi connectivity index (χ1n) is 6.51. The van der Waals surface area contributed by atoms with E-state index in [1.165, 1.54) is 11.6 Å². The van der Waals surface area contributed by atoms with E-state index in [1.54, 1.807) is 24.3 Å². The van der Waals surface area contributed by atoms with Crippen LogP contribution in [0.1, 0.15) is 11.1 Å². The molecule has 114 valence electrons. The number of hydrogen-bond acceptors (Lipinski definition) is 2. The van der Waals surface area contributed by atoms with Crippen molar-refractivity contribution in [2.45, 2.75) is 0 Å². The summed E-state index contributed by atoms with van der Waals surface area (Å²) in [4.78, 5) is -0.205. The highest BCUT2D eigenvalue weighted by Crippen LogP contribution is 2.11. The van der Waals surface area contributed by atoms with E-state index < -0.39 is 10.1 Å². The lowest BCUT2D eigenvalue weighted by Crippen LogP contribution is -1.98. The average molecular weight is 314 g/mol. The Balaban J connectivity index is 0.000000255. The van der Waals surface area contributed by atoms with Crippen LogP contribution in [0, 0.1) is 0 Å². The number of allylic oxidation sites excluding steroid dienone is 1. The molecule has 0 bridgehead atoms. The van der Waals surface area contributed by atoms with Crippen molar-refractivity contribution in [2.24, 2.45) is 0 Å². The Hall–Kier alpha value is -2.43. The molecule has 4 heteroatoms. The largest absolute Gasteiger partial charge is 0.294 e. The van der Waals surface area contributed by atoms with Crippen molar-refractivity contribution in [3.05, 3.63) is 95.9 Å². The normalized spacial score (nSPS) is 11.0. The molecule has 3 nitrogen and oxygen atoms in total. The maximum atomic E-state index is 10.8. The van der Waals surface area contributed by atoms with Crippen LogP contribution in [-0.4, -0.2) is 13.0 Å². The molecule has 0 saturated carbocycles. The quantitative estimate of drug-likeness (QED) is 0.671. The Morgan fingerprint density at radius 1 is 0.864 bits per heavy atom. The third-order valence-electron chi connectivity index (χ3n) is 2.64. The van der Waals surface area contributed by atoms with Gasteiger partial charge in [0.2, 0.25) is 0 Å². The van der Waals surface area contributed by atoms with Gasteiger partial charge < -0.3 is 0 Å². The minimum Gasteiger partial charge on any atom is -0.282 e. The van der Waals surface area contributed by atoms with E-state index in [4.69, 9.17) is 4.55 Å². The molecule has 0 spiro atoms. The zero-order valence-electron chi connectivity index (χ0n) is 12.1. The van der Waals surface area contributed by atoms with Gasteiger partial charge in [-0.15, -0.1) is 0 Å². The molecule has 0 fully saturated rings. The van der Waals surface area contributed by atoms with Gasteiger partial charge in [-0.1, -0.05) is 79.9 Å². The summed E-state index contributed by atoms with van der Waals surface area (Å²) in [5, 5.41) is 0. The van der Waals surface area contributed by atoms with E-state index in [2.05, 4.69) is 13.2 Å². The maximum absolute atomic E-state index is 10.8. The van der Waals surface area contributed by atoms with Gasteiger partial charge in [-0.2, -0.15) is 8.42 Å². The Morgan fingerprint density at radius 3 is 1.64 bits per heavy atom. The number of rotatable bonds is 4. The lowest BCUT2D eigenvalue weighted by molar-refractivity contribution is 0.492. The summed E-state index contributed by atoms with van der Waals surface area (Å²) in [6.07, 6.45) is 4.28. The summed E-state index contributed by atoms with van der Waals surface area (Å²) in [5.41, 5.74) is 1.87. The summed E-state index contributed by atoms with van der Waals surface area (Å²) < 4.78 is 30.3. The topological polar surface area (TPSA) is 54.4 Å². The molecule has 2 rings (SSSR count). The van der Waals surface area contributed by atoms with Crippen molar-refractivity contribution >= 4 is 22.3 Å². The fourth-order valence-corrected chi connectivity index (χ4v) is 2.04. The van der Waals surface area contributed by atoms with Gasteiger partial charge in [-0.05, 0) is 23.3 Å². The third kappa shape index (κ3) is 6.35. The van der Waals surface area contributed by atoms with Crippen LogP contribution in [0.25, 0.3) is 12.2 Å². The van der Waals surface area contributed by atoms with Crippen LogP contribution in [0.3, 0.4) is 0 Å². The standard InChI is InChI=1S/C10H10O3S.C8H8/c1-2-10(14(11,12)13)8-9-6-4-3-5-7-9;1-2-8-6-4-3-5-7-8/h2-8H,1H2,(H,11,12,13);2-7H,1H2. The van der Waals surface area contributed by atoms with Gasteiger partial charge in [0.05, 0.1) is 4.91 Å². The molecule has 0 unspecified atom stereocenters. The molecule has 1 N–H and O–H groups in total. The Labute approximate surface area is 131 Å². The minimum atomic E-state index is -4.17. The van der Waals surface area contributed by atoms with Crippen LogP contribution < -0.4 is 0 Å². The minimum absolute atomic E-state index is 0.205. The molecule has 22 heavy (non-hydrogen) atoms. The zero-order valence-corrected chi connectivity index (χ0v) is 12.9. The first-order valence-corrected chi connectivity index (χ1v) is 7.95. The van der Waals surface area contributed by atoms with Gasteiger partial charge in [0.15, 0.2) is 0 Å². The molecular formula is C18H18O3S. The first-order chi connectivity index (χ1) is 10.5. The lowest BCUT2D eigenvalue weighted by atomic mass is 10.2. The van der Waals surface area contributed by atoms with Gasteiger partial charge in [-0.3, -0.25) is 4.55 Å². The van der Waals surface area contributed by atoms with E-state index >= 15 is 0 Å². The SMILES string of the molecule is C=CC(=Cc1ccccc1)S(=O)(=O)O.C=Cc1ccccc1.